The number of hydrogen-bond donors (Lipinski definition) is 1. The molecular formula is C17H29Cl2N3O3. The third-order valence-corrected chi connectivity index (χ3v) is 4.20. The average Bonchev–Trinajstić information content (AvgIpc) is 2.60. The largest absolute Gasteiger partial charge is 0.497 e. The Hall–Kier alpha value is -1.21. The summed E-state index contributed by atoms with van der Waals surface area (Å²) >= 11 is 0. The number of benzene rings is 1. The van der Waals surface area contributed by atoms with Crippen LogP contribution in [0.15, 0.2) is 18.2 Å². The van der Waals surface area contributed by atoms with Gasteiger partial charge in [0, 0.05) is 51.3 Å². The van der Waals surface area contributed by atoms with Gasteiger partial charge in [0.2, 0.25) is 5.91 Å². The maximum absolute atomic E-state index is 12.0. The second-order valence-corrected chi connectivity index (χ2v) is 5.69. The molecule has 2 rings (SSSR count). The van der Waals surface area contributed by atoms with E-state index in [1.807, 2.05) is 30.1 Å². The fourth-order valence-corrected chi connectivity index (χ4v) is 2.79. The normalized spacial score (nSPS) is 14.3. The second-order valence-electron chi connectivity index (χ2n) is 5.69. The first-order valence-electron chi connectivity index (χ1n) is 8.03. The van der Waals surface area contributed by atoms with Gasteiger partial charge >= 0.3 is 0 Å². The average molecular weight is 394 g/mol. The molecule has 25 heavy (non-hydrogen) atoms. The van der Waals surface area contributed by atoms with Crippen LogP contribution in [0.3, 0.4) is 0 Å². The summed E-state index contributed by atoms with van der Waals surface area (Å²) in [5.41, 5.74) is 1.11. The molecule has 1 saturated heterocycles. The van der Waals surface area contributed by atoms with E-state index in [4.69, 9.17) is 9.47 Å². The van der Waals surface area contributed by atoms with Crippen LogP contribution in [0.5, 0.6) is 11.5 Å². The maximum Gasteiger partial charge on any atom is 0.223 e. The van der Waals surface area contributed by atoms with Crippen molar-refractivity contribution >= 4 is 30.7 Å². The predicted molar refractivity (Wildman–Crippen MR) is 104 cm³/mol. The number of carbonyl (C=O) groups excluding carboxylic acids is 1. The Morgan fingerprint density at radius 3 is 2.36 bits per heavy atom. The molecule has 0 aliphatic carbocycles. The topological polar surface area (TPSA) is 54.0 Å². The third-order valence-electron chi connectivity index (χ3n) is 4.20. The van der Waals surface area contributed by atoms with E-state index >= 15 is 0 Å². The molecule has 1 aromatic rings. The number of ether oxygens (including phenoxy) is 2. The van der Waals surface area contributed by atoms with Crippen molar-refractivity contribution in [2.24, 2.45) is 0 Å². The number of methoxy groups -OCH3 is 2. The SMILES string of the molecule is CNCCC(=O)N1CCN(Cc2cc(OC)ccc2OC)CC1.Cl.Cl. The first kappa shape index (κ1) is 23.8. The van der Waals surface area contributed by atoms with Gasteiger partial charge in [-0.15, -0.1) is 24.8 Å². The summed E-state index contributed by atoms with van der Waals surface area (Å²) in [5.74, 6) is 1.94. The first-order valence-corrected chi connectivity index (χ1v) is 8.03. The number of halogens is 2. The minimum absolute atomic E-state index is 0. The van der Waals surface area contributed by atoms with E-state index in [1.54, 1.807) is 14.2 Å². The molecule has 0 unspecified atom stereocenters. The Kier molecular flexibility index (Phi) is 11.6. The summed E-state index contributed by atoms with van der Waals surface area (Å²) in [6, 6.07) is 5.86. The van der Waals surface area contributed by atoms with Crippen molar-refractivity contribution in [3.8, 4) is 11.5 Å². The highest BCUT2D eigenvalue weighted by atomic mass is 35.5. The van der Waals surface area contributed by atoms with Gasteiger partial charge in [-0.2, -0.15) is 0 Å². The highest BCUT2D eigenvalue weighted by molar-refractivity contribution is 5.85. The van der Waals surface area contributed by atoms with Crippen LogP contribution in [0.4, 0.5) is 0 Å². The van der Waals surface area contributed by atoms with Gasteiger partial charge in [0.15, 0.2) is 0 Å². The van der Waals surface area contributed by atoms with Gasteiger partial charge in [-0.1, -0.05) is 0 Å². The molecule has 0 aromatic heterocycles. The van der Waals surface area contributed by atoms with Crippen LogP contribution < -0.4 is 14.8 Å². The molecule has 1 N–H and O–H groups in total. The fraction of sp³-hybridized carbons (Fsp3) is 0.588. The van der Waals surface area contributed by atoms with Crippen LogP contribution >= 0.6 is 24.8 Å². The van der Waals surface area contributed by atoms with E-state index in [2.05, 4.69) is 10.2 Å². The molecule has 1 aromatic carbocycles. The molecule has 0 radical (unpaired) electrons. The molecule has 0 saturated carbocycles. The van der Waals surface area contributed by atoms with E-state index in [0.29, 0.717) is 6.42 Å². The molecule has 8 heteroatoms. The van der Waals surface area contributed by atoms with Crippen molar-refractivity contribution in [2.45, 2.75) is 13.0 Å². The molecule has 1 aliphatic rings. The number of amides is 1. The first-order chi connectivity index (χ1) is 11.2. The van der Waals surface area contributed by atoms with Crippen LogP contribution in [0.25, 0.3) is 0 Å². The summed E-state index contributed by atoms with van der Waals surface area (Å²) < 4.78 is 10.7. The monoisotopic (exact) mass is 393 g/mol. The number of hydrogen-bond acceptors (Lipinski definition) is 5. The zero-order chi connectivity index (χ0) is 16.7. The zero-order valence-electron chi connectivity index (χ0n) is 15.1. The Bertz CT molecular complexity index is 524. The van der Waals surface area contributed by atoms with E-state index in [9.17, 15) is 4.79 Å². The van der Waals surface area contributed by atoms with Crippen LogP contribution in [0.2, 0.25) is 0 Å². The highest BCUT2D eigenvalue weighted by Crippen LogP contribution is 2.25. The van der Waals surface area contributed by atoms with E-state index in [-0.39, 0.29) is 30.7 Å². The van der Waals surface area contributed by atoms with Crippen molar-refractivity contribution < 1.29 is 14.3 Å². The van der Waals surface area contributed by atoms with Crippen molar-refractivity contribution in [1.82, 2.24) is 15.1 Å². The van der Waals surface area contributed by atoms with Gasteiger partial charge in [-0.3, -0.25) is 9.69 Å². The number of nitrogens with zero attached hydrogens (tertiary/aromatic N) is 2. The summed E-state index contributed by atoms with van der Waals surface area (Å²) in [6.07, 6.45) is 0.570. The maximum atomic E-state index is 12.0. The van der Waals surface area contributed by atoms with Crippen molar-refractivity contribution in [3.05, 3.63) is 23.8 Å². The smallest absolute Gasteiger partial charge is 0.223 e. The standard InChI is InChI=1S/C17H27N3O3.2ClH/c1-18-7-6-17(21)20-10-8-19(9-11-20)13-14-12-15(22-2)4-5-16(14)23-3;;/h4-5,12,18H,6-11,13H2,1-3H3;2*1H. The molecule has 0 atom stereocenters. The number of piperazine rings is 1. The number of nitrogens with one attached hydrogen (secondary N) is 1. The lowest BCUT2D eigenvalue weighted by Gasteiger charge is -2.35. The fourth-order valence-electron chi connectivity index (χ4n) is 2.79. The number of carbonyl (C=O) groups is 1. The van der Waals surface area contributed by atoms with Gasteiger partial charge in [0.05, 0.1) is 14.2 Å². The summed E-state index contributed by atoms with van der Waals surface area (Å²) in [5, 5.41) is 3.02. The molecule has 1 aliphatic heterocycles. The zero-order valence-corrected chi connectivity index (χ0v) is 16.8. The van der Waals surface area contributed by atoms with Gasteiger partial charge in [-0.05, 0) is 25.2 Å². The van der Waals surface area contributed by atoms with Gasteiger partial charge in [-0.25, -0.2) is 0 Å². The molecular weight excluding hydrogens is 365 g/mol. The van der Waals surface area contributed by atoms with Gasteiger partial charge in [0.1, 0.15) is 11.5 Å². The quantitative estimate of drug-likeness (QED) is 0.765. The Balaban J connectivity index is 0.00000288. The molecule has 1 fully saturated rings. The lowest BCUT2D eigenvalue weighted by molar-refractivity contribution is -0.132. The second kappa shape index (κ2) is 12.2. The number of rotatable bonds is 7. The van der Waals surface area contributed by atoms with Crippen molar-refractivity contribution in [1.29, 1.82) is 0 Å². The Morgan fingerprint density at radius 1 is 1.12 bits per heavy atom. The van der Waals surface area contributed by atoms with Crippen LogP contribution in [0.1, 0.15) is 12.0 Å². The lowest BCUT2D eigenvalue weighted by Crippen LogP contribution is -2.48. The van der Waals surface area contributed by atoms with Gasteiger partial charge < -0.3 is 19.7 Å². The Labute approximate surface area is 162 Å². The lowest BCUT2D eigenvalue weighted by atomic mass is 10.1. The predicted octanol–water partition coefficient (Wildman–Crippen LogP) is 1.80. The van der Waals surface area contributed by atoms with E-state index in [1.165, 1.54) is 0 Å². The van der Waals surface area contributed by atoms with Crippen LogP contribution in [0, 0.1) is 0 Å². The van der Waals surface area contributed by atoms with Crippen LogP contribution in [-0.2, 0) is 11.3 Å². The molecule has 1 amide bonds. The van der Waals surface area contributed by atoms with Crippen molar-refractivity contribution in [2.75, 3.05) is 54.0 Å². The molecule has 0 spiro atoms. The van der Waals surface area contributed by atoms with Crippen LogP contribution in [-0.4, -0.2) is 69.7 Å². The minimum atomic E-state index is 0. The van der Waals surface area contributed by atoms with E-state index in [0.717, 1.165) is 56.3 Å². The minimum Gasteiger partial charge on any atom is -0.497 e. The van der Waals surface area contributed by atoms with Gasteiger partial charge in [0.25, 0.3) is 0 Å². The third kappa shape index (κ3) is 6.90. The highest BCUT2D eigenvalue weighted by Gasteiger charge is 2.21. The van der Waals surface area contributed by atoms with E-state index < -0.39 is 0 Å². The molecule has 144 valence electrons. The van der Waals surface area contributed by atoms with Crippen molar-refractivity contribution in [3.63, 3.8) is 0 Å². The Morgan fingerprint density at radius 2 is 1.80 bits per heavy atom. The summed E-state index contributed by atoms with van der Waals surface area (Å²) in [4.78, 5) is 16.3. The summed E-state index contributed by atoms with van der Waals surface area (Å²) in [6.45, 7) is 4.87. The summed E-state index contributed by atoms with van der Waals surface area (Å²) in [7, 11) is 5.22. The molecule has 0 bridgehead atoms. The molecule has 6 nitrogen and oxygen atoms in total. The molecule has 1 heterocycles.